The Hall–Kier alpha value is -0.280. The number of ether oxygens (including phenoxy) is 2. The third-order valence-electron chi connectivity index (χ3n) is 2.47. The van der Waals surface area contributed by atoms with Crippen molar-refractivity contribution in [3.8, 4) is 0 Å². The molecule has 7 nitrogen and oxygen atoms in total. The van der Waals surface area contributed by atoms with Crippen molar-refractivity contribution in [3.63, 3.8) is 0 Å². The van der Waals surface area contributed by atoms with Gasteiger partial charge in [0.15, 0.2) is 6.29 Å². The predicted octanol–water partition coefficient (Wildman–Crippen LogP) is -2.82. The van der Waals surface area contributed by atoms with Gasteiger partial charge < -0.3 is 35.0 Å². The molecule has 1 fully saturated rings. The summed E-state index contributed by atoms with van der Waals surface area (Å²) in [4.78, 5) is 0. The smallest absolute Gasteiger partial charge is 0.187 e. The van der Waals surface area contributed by atoms with Crippen molar-refractivity contribution >= 4 is 0 Å². The van der Waals surface area contributed by atoms with Crippen LogP contribution in [-0.4, -0.2) is 75.6 Å². The summed E-state index contributed by atoms with van der Waals surface area (Å²) in [7, 11) is 0. The standard InChI is InChI=1S/C9H18O7/c1-4(2-10)15-9-8(14)7(13)6(12)5(3-11)16-9/h4-14H,2-3H2,1H3/t4?,5?,6-,7+,8?,9-/m1/s1. The van der Waals surface area contributed by atoms with E-state index in [0.717, 1.165) is 0 Å². The van der Waals surface area contributed by atoms with Crippen molar-refractivity contribution in [1.82, 2.24) is 0 Å². The summed E-state index contributed by atoms with van der Waals surface area (Å²) in [5, 5.41) is 46.1. The predicted molar refractivity (Wildman–Crippen MR) is 51.4 cm³/mol. The Labute approximate surface area is 92.9 Å². The Balaban J connectivity index is 2.63. The minimum Gasteiger partial charge on any atom is -0.394 e. The molecule has 0 aromatic carbocycles. The molecule has 6 atom stereocenters. The number of aliphatic hydroxyl groups excluding tert-OH is 5. The third kappa shape index (κ3) is 2.89. The lowest BCUT2D eigenvalue weighted by Gasteiger charge is -2.40. The van der Waals surface area contributed by atoms with Gasteiger partial charge in [0.25, 0.3) is 0 Å². The van der Waals surface area contributed by atoms with E-state index in [9.17, 15) is 15.3 Å². The van der Waals surface area contributed by atoms with E-state index in [4.69, 9.17) is 19.7 Å². The molecule has 5 N–H and O–H groups in total. The maximum absolute atomic E-state index is 9.54. The van der Waals surface area contributed by atoms with Crippen LogP contribution in [0.2, 0.25) is 0 Å². The van der Waals surface area contributed by atoms with Crippen LogP contribution in [0.15, 0.2) is 0 Å². The summed E-state index contributed by atoms with van der Waals surface area (Å²) < 4.78 is 10.2. The quantitative estimate of drug-likeness (QED) is 0.358. The highest BCUT2D eigenvalue weighted by molar-refractivity contribution is 4.89. The van der Waals surface area contributed by atoms with E-state index in [-0.39, 0.29) is 6.61 Å². The molecule has 0 spiro atoms. The van der Waals surface area contributed by atoms with Gasteiger partial charge in [0.2, 0.25) is 0 Å². The van der Waals surface area contributed by atoms with Gasteiger partial charge in [0, 0.05) is 0 Å². The van der Waals surface area contributed by atoms with E-state index in [0.29, 0.717) is 0 Å². The van der Waals surface area contributed by atoms with E-state index < -0.39 is 43.4 Å². The molecule has 1 saturated heterocycles. The summed E-state index contributed by atoms with van der Waals surface area (Å²) in [6, 6.07) is 0. The van der Waals surface area contributed by atoms with E-state index in [2.05, 4.69) is 0 Å². The third-order valence-corrected chi connectivity index (χ3v) is 2.47. The summed E-state index contributed by atoms with van der Waals surface area (Å²) in [6.07, 6.45) is -7.04. The van der Waals surface area contributed by atoms with Crippen LogP contribution in [0.1, 0.15) is 6.92 Å². The monoisotopic (exact) mass is 238 g/mol. The summed E-state index contributed by atoms with van der Waals surface area (Å²) >= 11 is 0. The molecule has 1 aliphatic rings. The SMILES string of the molecule is CC(CO)O[C@@H]1OC(CO)[C@@H](O)[C@H](O)C1O. The normalized spacial score (nSPS) is 42.0. The first kappa shape index (κ1) is 13.8. The molecular formula is C9H18O7. The second-order valence-electron chi connectivity index (χ2n) is 3.83. The minimum atomic E-state index is -1.46. The topological polar surface area (TPSA) is 120 Å². The van der Waals surface area contributed by atoms with Crippen molar-refractivity contribution in [2.75, 3.05) is 13.2 Å². The highest BCUT2D eigenvalue weighted by atomic mass is 16.7. The molecular weight excluding hydrogens is 220 g/mol. The van der Waals surface area contributed by atoms with Gasteiger partial charge in [-0.2, -0.15) is 0 Å². The number of hydrogen-bond acceptors (Lipinski definition) is 7. The molecule has 7 heteroatoms. The Bertz CT molecular complexity index is 210. The van der Waals surface area contributed by atoms with Crippen molar-refractivity contribution < 1.29 is 35.0 Å². The molecule has 1 rings (SSSR count). The van der Waals surface area contributed by atoms with Crippen LogP contribution in [-0.2, 0) is 9.47 Å². The maximum atomic E-state index is 9.54. The average Bonchev–Trinajstić information content (AvgIpc) is 2.29. The molecule has 3 unspecified atom stereocenters. The lowest BCUT2D eigenvalue weighted by molar-refractivity contribution is -0.311. The first-order chi connectivity index (χ1) is 7.51. The number of aliphatic hydroxyl groups is 5. The Morgan fingerprint density at radius 2 is 1.75 bits per heavy atom. The minimum absolute atomic E-state index is 0.269. The van der Waals surface area contributed by atoms with Crippen LogP contribution in [0.25, 0.3) is 0 Å². The molecule has 16 heavy (non-hydrogen) atoms. The van der Waals surface area contributed by atoms with Crippen LogP contribution in [0.3, 0.4) is 0 Å². The van der Waals surface area contributed by atoms with Crippen LogP contribution in [0.5, 0.6) is 0 Å². The zero-order valence-corrected chi connectivity index (χ0v) is 8.93. The fourth-order valence-corrected chi connectivity index (χ4v) is 1.45. The Morgan fingerprint density at radius 1 is 1.12 bits per heavy atom. The first-order valence-corrected chi connectivity index (χ1v) is 5.08. The van der Waals surface area contributed by atoms with E-state index >= 15 is 0 Å². The molecule has 0 saturated carbocycles. The molecule has 1 aliphatic heterocycles. The van der Waals surface area contributed by atoms with Gasteiger partial charge in [-0.05, 0) is 6.92 Å². The van der Waals surface area contributed by atoms with Crippen LogP contribution >= 0.6 is 0 Å². The number of rotatable bonds is 4. The van der Waals surface area contributed by atoms with Gasteiger partial charge in [-0.3, -0.25) is 0 Å². The first-order valence-electron chi connectivity index (χ1n) is 5.08. The molecule has 0 radical (unpaired) electrons. The van der Waals surface area contributed by atoms with Gasteiger partial charge in [-0.25, -0.2) is 0 Å². The van der Waals surface area contributed by atoms with Gasteiger partial charge >= 0.3 is 0 Å². The maximum Gasteiger partial charge on any atom is 0.187 e. The molecule has 0 aromatic rings. The molecule has 0 aromatic heterocycles. The fraction of sp³-hybridized carbons (Fsp3) is 1.00. The zero-order chi connectivity index (χ0) is 12.3. The summed E-state index contributed by atoms with van der Waals surface area (Å²) in [5.41, 5.74) is 0. The van der Waals surface area contributed by atoms with E-state index in [1.165, 1.54) is 0 Å². The van der Waals surface area contributed by atoms with Crippen LogP contribution in [0.4, 0.5) is 0 Å². The van der Waals surface area contributed by atoms with Gasteiger partial charge in [-0.1, -0.05) is 0 Å². The fourth-order valence-electron chi connectivity index (χ4n) is 1.45. The van der Waals surface area contributed by atoms with Crippen LogP contribution in [0, 0.1) is 0 Å². The molecule has 96 valence electrons. The van der Waals surface area contributed by atoms with Crippen molar-refractivity contribution in [2.24, 2.45) is 0 Å². The highest BCUT2D eigenvalue weighted by Crippen LogP contribution is 2.22. The molecule has 0 amide bonds. The lowest BCUT2D eigenvalue weighted by Crippen LogP contribution is -2.59. The van der Waals surface area contributed by atoms with Crippen LogP contribution < -0.4 is 0 Å². The van der Waals surface area contributed by atoms with Crippen molar-refractivity contribution in [1.29, 1.82) is 0 Å². The van der Waals surface area contributed by atoms with Gasteiger partial charge in [0.05, 0.1) is 19.3 Å². The zero-order valence-electron chi connectivity index (χ0n) is 8.93. The highest BCUT2D eigenvalue weighted by Gasteiger charge is 2.44. The number of hydrogen-bond donors (Lipinski definition) is 5. The average molecular weight is 238 g/mol. The van der Waals surface area contributed by atoms with Crippen molar-refractivity contribution in [3.05, 3.63) is 0 Å². The second kappa shape index (κ2) is 5.87. The van der Waals surface area contributed by atoms with Gasteiger partial charge in [0.1, 0.15) is 24.4 Å². The van der Waals surface area contributed by atoms with E-state index in [1.807, 2.05) is 0 Å². The van der Waals surface area contributed by atoms with Crippen molar-refractivity contribution in [2.45, 2.75) is 43.7 Å². The second-order valence-corrected chi connectivity index (χ2v) is 3.83. The van der Waals surface area contributed by atoms with E-state index in [1.54, 1.807) is 6.92 Å². The molecule has 1 heterocycles. The lowest BCUT2D eigenvalue weighted by atomic mass is 9.99. The Morgan fingerprint density at radius 3 is 2.25 bits per heavy atom. The molecule has 0 bridgehead atoms. The Kier molecular flexibility index (Phi) is 5.06. The van der Waals surface area contributed by atoms with Gasteiger partial charge in [-0.15, -0.1) is 0 Å². The summed E-state index contributed by atoms with van der Waals surface area (Å²) in [6.45, 7) is 0.786. The molecule has 0 aliphatic carbocycles. The summed E-state index contributed by atoms with van der Waals surface area (Å²) in [5.74, 6) is 0. The largest absolute Gasteiger partial charge is 0.394 e.